The van der Waals surface area contributed by atoms with Gasteiger partial charge in [0.05, 0.1) is 19.8 Å². The summed E-state index contributed by atoms with van der Waals surface area (Å²) in [6, 6.07) is 8.65. The van der Waals surface area contributed by atoms with Gasteiger partial charge < -0.3 is 14.4 Å². The summed E-state index contributed by atoms with van der Waals surface area (Å²) >= 11 is 0. The Morgan fingerprint density at radius 3 is 2.15 bits per heavy atom. The van der Waals surface area contributed by atoms with Crippen LogP contribution >= 0.6 is 0 Å². The number of hydrogen-bond donors (Lipinski definition) is 0. The minimum Gasteiger partial charge on any atom is -0.380 e. The Labute approximate surface area is 160 Å². The summed E-state index contributed by atoms with van der Waals surface area (Å²) in [5.41, 5.74) is 0.817. The van der Waals surface area contributed by atoms with Crippen molar-refractivity contribution in [2.45, 2.75) is 13.8 Å². The summed E-state index contributed by atoms with van der Waals surface area (Å²) in [7, 11) is 0. The maximum absolute atomic E-state index is 12.8. The van der Waals surface area contributed by atoms with Gasteiger partial charge in [-0.25, -0.2) is 4.79 Å². The second-order valence-corrected chi connectivity index (χ2v) is 5.48. The number of hydrogen-bond acceptors (Lipinski definition) is 5. The molecule has 0 saturated carbocycles. The Bertz CT molecular complexity index is 594. The van der Waals surface area contributed by atoms with Crippen LogP contribution in [0.4, 0.5) is 4.79 Å². The fourth-order valence-electron chi connectivity index (χ4n) is 2.24. The maximum atomic E-state index is 12.8. The summed E-state index contributed by atoms with van der Waals surface area (Å²) in [5.74, 6) is -0.579. The number of imide groups is 1. The van der Waals surface area contributed by atoms with Crippen LogP contribution in [0.5, 0.6) is 0 Å². The van der Waals surface area contributed by atoms with Crippen molar-refractivity contribution in [3.8, 4) is 0 Å². The van der Waals surface area contributed by atoms with Gasteiger partial charge in [-0.15, -0.1) is 0 Å². The van der Waals surface area contributed by atoms with Crippen LogP contribution in [0.2, 0.25) is 0 Å². The number of benzene rings is 1. The number of amides is 3. The van der Waals surface area contributed by atoms with Crippen LogP contribution in [0, 0.1) is 0 Å². The first-order valence-corrected chi connectivity index (χ1v) is 8.98. The van der Waals surface area contributed by atoms with Crippen molar-refractivity contribution in [3.63, 3.8) is 0 Å². The molecule has 0 fully saturated rings. The molecule has 0 heterocycles. The summed E-state index contributed by atoms with van der Waals surface area (Å²) < 4.78 is 10.6. The highest BCUT2D eigenvalue weighted by atomic mass is 16.5. The van der Waals surface area contributed by atoms with Crippen molar-refractivity contribution in [1.82, 2.24) is 9.80 Å². The molecule has 1 aromatic carbocycles. The summed E-state index contributed by atoms with van der Waals surface area (Å²) in [6.07, 6.45) is 4.50. The number of carbonyl (C=O) groups is 2. The highest BCUT2D eigenvalue weighted by Crippen LogP contribution is 2.05. The first kappa shape index (κ1) is 22.5. The van der Waals surface area contributed by atoms with E-state index in [-0.39, 0.29) is 0 Å². The van der Waals surface area contributed by atoms with E-state index in [0.717, 1.165) is 10.5 Å². The van der Waals surface area contributed by atoms with Crippen LogP contribution in [-0.4, -0.2) is 74.1 Å². The Morgan fingerprint density at radius 1 is 1.04 bits per heavy atom. The Balaban J connectivity index is 2.84. The molecular weight excluding hydrogens is 348 g/mol. The first-order chi connectivity index (χ1) is 13.1. The van der Waals surface area contributed by atoms with Crippen LogP contribution in [0.3, 0.4) is 0 Å². The Kier molecular flexibility index (Phi) is 11.4. The monoisotopic (exact) mass is 375 g/mol. The van der Waals surface area contributed by atoms with Crippen molar-refractivity contribution in [1.29, 1.82) is 0 Å². The highest BCUT2D eigenvalue weighted by molar-refractivity contribution is 6.03. The van der Waals surface area contributed by atoms with Gasteiger partial charge >= 0.3 is 6.03 Å². The zero-order chi connectivity index (χ0) is 19.9. The molecule has 1 radical (unpaired) electrons. The van der Waals surface area contributed by atoms with Crippen LogP contribution < -0.4 is 0 Å². The van der Waals surface area contributed by atoms with Crippen LogP contribution in [0.15, 0.2) is 36.4 Å². The zero-order valence-corrected chi connectivity index (χ0v) is 15.9. The van der Waals surface area contributed by atoms with Gasteiger partial charge in [-0.1, -0.05) is 30.3 Å². The average molecular weight is 375 g/mol. The fourth-order valence-corrected chi connectivity index (χ4v) is 2.24. The minimum absolute atomic E-state index is 0.296. The molecule has 1 rings (SSSR count). The Morgan fingerprint density at radius 2 is 1.63 bits per heavy atom. The van der Waals surface area contributed by atoms with Crippen molar-refractivity contribution >= 4 is 24.3 Å². The van der Waals surface area contributed by atoms with Crippen molar-refractivity contribution in [2.24, 2.45) is 0 Å². The van der Waals surface area contributed by atoms with E-state index in [4.69, 9.17) is 9.47 Å². The number of urea groups is 1. The van der Waals surface area contributed by atoms with Crippen molar-refractivity contribution in [2.75, 3.05) is 46.1 Å². The third kappa shape index (κ3) is 8.61. The topological polar surface area (TPSA) is 76.2 Å². The van der Waals surface area contributed by atoms with E-state index in [0.29, 0.717) is 39.5 Å². The van der Waals surface area contributed by atoms with Crippen LogP contribution in [0.1, 0.15) is 19.4 Å². The largest absolute Gasteiger partial charge is 0.380 e. The second-order valence-electron chi connectivity index (χ2n) is 5.48. The number of carbonyl (C=O) groups excluding carboxylic acids is 3. The summed E-state index contributed by atoms with van der Waals surface area (Å²) in [5, 5.41) is 0. The van der Waals surface area contributed by atoms with Gasteiger partial charge in [-0.3, -0.25) is 14.5 Å². The van der Waals surface area contributed by atoms with E-state index in [2.05, 4.69) is 0 Å². The lowest BCUT2D eigenvalue weighted by Crippen LogP contribution is -2.48. The van der Waals surface area contributed by atoms with E-state index >= 15 is 0 Å². The van der Waals surface area contributed by atoms with Gasteiger partial charge in [-0.2, -0.15) is 0 Å². The van der Waals surface area contributed by atoms with Crippen molar-refractivity contribution in [3.05, 3.63) is 42.0 Å². The molecule has 0 bridgehead atoms. The lowest BCUT2D eigenvalue weighted by molar-refractivity contribution is -0.123. The van der Waals surface area contributed by atoms with Gasteiger partial charge in [0.1, 0.15) is 0 Å². The molecule has 0 unspecified atom stereocenters. The number of nitrogens with zero attached hydrogens (tertiary/aromatic N) is 2. The standard InChI is InChI=1S/C20H27N2O5/c1-3-26-16-13-21(14-17-27-4-2)20(25)22(12-15-23)19(24)11-10-18-8-6-5-7-9-18/h5-11H,3-4,12-14,16-17H2,1-2H3. The van der Waals surface area contributed by atoms with Crippen molar-refractivity contribution < 1.29 is 23.9 Å². The molecule has 7 heteroatoms. The minimum atomic E-state index is -0.579. The number of rotatable bonds is 12. The van der Waals surface area contributed by atoms with Gasteiger partial charge in [0.15, 0.2) is 0 Å². The zero-order valence-electron chi connectivity index (χ0n) is 15.9. The lowest BCUT2D eigenvalue weighted by Gasteiger charge is -2.27. The molecule has 27 heavy (non-hydrogen) atoms. The molecule has 7 nitrogen and oxygen atoms in total. The number of ether oxygens (including phenoxy) is 2. The fraction of sp³-hybridized carbons (Fsp3) is 0.450. The summed E-state index contributed by atoms with van der Waals surface area (Å²) in [4.78, 5) is 38.4. The van der Waals surface area contributed by atoms with Crippen LogP contribution in [-0.2, 0) is 19.1 Å². The molecule has 1 aromatic rings. The SMILES string of the molecule is CCOCCN(CCOCC)C(=O)N(C[C]=O)C(=O)C=Cc1ccccc1. The Hall–Kier alpha value is -2.51. The molecule has 0 N–H and O–H groups in total. The predicted molar refractivity (Wildman–Crippen MR) is 103 cm³/mol. The first-order valence-electron chi connectivity index (χ1n) is 8.98. The van der Waals surface area contributed by atoms with E-state index in [1.807, 2.05) is 44.2 Å². The molecule has 0 aliphatic rings. The van der Waals surface area contributed by atoms with E-state index in [1.165, 1.54) is 11.0 Å². The maximum Gasteiger partial charge on any atom is 0.327 e. The predicted octanol–water partition coefficient (Wildman–Crippen LogP) is 2.13. The molecule has 0 spiro atoms. The van der Waals surface area contributed by atoms with Crippen LogP contribution in [0.25, 0.3) is 6.08 Å². The quantitative estimate of drug-likeness (QED) is 0.413. The molecule has 3 amide bonds. The third-order valence-electron chi connectivity index (χ3n) is 3.63. The van der Waals surface area contributed by atoms with Gasteiger partial charge in [-0.05, 0) is 25.5 Å². The second kappa shape index (κ2) is 13.7. The lowest BCUT2D eigenvalue weighted by atomic mass is 10.2. The highest BCUT2D eigenvalue weighted by Gasteiger charge is 2.25. The third-order valence-corrected chi connectivity index (χ3v) is 3.63. The summed E-state index contributed by atoms with van der Waals surface area (Å²) in [6.45, 7) is 5.60. The molecular formula is C20H27N2O5. The molecule has 0 aromatic heterocycles. The molecule has 147 valence electrons. The van der Waals surface area contributed by atoms with E-state index < -0.39 is 18.5 Å². The van der Waals surface area contributed by atoms with E-state index in [1.54, 1.807) is 12.4 Å². The molecule has 0 aliphatic carbocycles. The molecule has 0 atom stereocenters. The van der Waals surface area contributed by atoms with E-state index in [9.17, 15) is 14.4 Å². The van der Waals surface area contributed by atoms with Gasteiger partial charge in [0, 0.05) is 32.4 Å². The average Bonchev–Trinajstić information content (AvgIpc) is 2.69. The van der Waals surface area contributed by atoms with Gasteiger partial charge in [0.2, 0.25) is 6.29 Å². The molecule has 0 saturated heterocycles. The smallest absolute Gasteiger partial charge is 0.327 e. The molecule has 0 aliphatic heterocycles. The van der Waals surface area contributed by atoms with Gasteiger partial charge in [0.25, 0.3) is 5.91 Å². The normalized spacial score (nSPS) is 10.7.